The smallest absolute Gasteiger partial charge is 1.00 e. The van der Waals surface area contributed by atoms with Crippen molar-refractivity contribution in [3.05, 3.63) is 23.3 Å². The minimum Gasteiger partial charge on any atom is -1.00 e. The maximum Gasteiger partial charge on any atom is 1.00 e. The summed E-state index contributed by atoms with van der Waals surface area (Å²) in [7, 11) is 0. The molecule has 0 aliphatic heterocycles. The maximum atomic E-state index is 9.00. The zero-order chi connectivity index (χ0) is 10.0. The van der Waals surface area contributed by atoms with Crippen LogP contribution in [0.5, 0.6) is 0 Å². The Labute approximate surface area is 106 Å². The molecule has 0 fully saturated rings. The number of benzene rings is 1. The third kappa shape index (κ3) is 2.44. The van der Waals surface area contributed by atoms with Crippen LogP contribution in [0.4, 0.5) is 0 Å². The second-order valence-electron chi connectivity index (χ2n) is 2.87. The third-order valence-electron chi connectivity index (χ3n) is 2.18. The summed E-state index contributed by atoms with van der Waals surface area (Å²) in [6.07, 6.45) is -0.167. The van der Waals surface area contributed by atoms with Gasteiger partial charge in [-0.3, -0.25) is 4.79 Å². The zero-order valence-corrected chi connectivity index (χ0v) is 10.5. The Morgan fingerprint density at radius 1 is 1.29 bits per heavy atom. The summed E-state index contributed by atoms with van der Waals surface area (Å²) in [6, 6.07) is 4.36. The molecule has 2 aliphatic rings. The first kappa shape index (κ1) is 13.4. The van der Waals surface area contributed by atoms with E-state index in [1.54, 1.807) is 0 Å². The average Bonchev–Trinajstić information content (AvgIpc) is 2.04. The molecule has 0 aromatic carbocycles. The molecule has 0 unspecified atom stereocenters. The molecule has 0 spiro atoms. The van der Waals surface area contributed by atoms with Crippen LogP contribution in [0.15, 0.2) is 12.1 Å². The molecule has 0 saturated carbocycles. The Kier molecular flexibility index (Phi) is 5.05. The summed E-state index contributed by atoms with van der Waals surface area (Å²) < 4.78 is 0. The van der Waals surface area contributed by atoms with Gasteiger partial charge in [0.15, 0.2) is 0 Å². The summed E-state index contributed by atoms with van der Waals surface area (Å²) in [5.41, 5.74) is 5.95. The van der Waals surface area contributed by atoms with E-state index in [1.165, 1.54) is 22.3 Å². The van der Waals surface area contributed by atoms with E-state index >= 15 is 0 Å². The van der Waals surface area contributed by atoms with E-state index in [9.17, 15) is 0 Å². The van der Waals surface area contributed by atoms with Crippen molar-refractivity contribution in [2.45, 2.75) is 13.8 Å². The number of aliphatic carboxylic acids is 1. The normalized spacial score (nSPS) is 9.00. The fraction of sp³-hybridized carbons (Fsp3) is 0.200. The van der Waals surface area contributed by atoms with Crippen LogP contribution in [0.3, 0.4) is 0 Å². The van der Waals surface area contributed by atoms with Crippen molar-refractivity contribution < 1.29 is 45.7 Å². The number of carbonyl (C=O) groups is 2. The van der Waals surface area contributed by atoms with Gasteiger partial charge < -0.3 is 6.53 Å². The van der Waals surface area contributed by atoms with Crippen LogP contribution in [0.2, 0.25) is 0 Å². The molecule has 4 heteroatoms. The minimum absolute atomic E-state index is 0. The molecule has 0 heterocycles. The Morgan fingerprint density at radius 3 is 1.64 bits per heavy atom. The number of carboxylic acid groups (broad SMARTS) is 1. The second kappa shape index (κ2) is 5.29. The minimum atomic E-state index is -1.43. The van der Waals surface area contributed by atoms with Crippen molar-refractivity contribution in [3.63, 3.8) is 0 Å². The largest absolute Gasteiger partial charge is 1.00 e. The van der Waals surface area contributed by atoms with Crippen molar-refractivity contribution in [2.24, 2.45) is 0 Å². The third-order valence-corrected chi connectivity index (χ3v) is 2.18. The van der Waals surface area contributed by atoms with E-state index in [-0.39, 0.29) is 37.3 Å². The van der Waals surface area contributed by atoms with Crippen LogP contribution in [0.25, 0.3) is 11.1 Å². The quantitative estimate of drug-likeness (QED) is 0.354. The second-order valence-corrected chi connectivity index (χ2v) is 2.87. The molecule has 14 heavy (non-hydrogen) atoms. The van der Waals surface area contributed by atoms with Crippen LogP contribution in [0, 0.1) is 13.8 Å². The summed E-state index contributed by atoms with van der Waals surface area (Å²) in [6.45, 7) is 4.36. The van der Waals surface area contributed by atoms with Gasteiger partial charge in [-0.2, -0.15) is 0 Å². The Bertz CT molecular complexity index is 350. The molecule has 0 aromatic heterocycles. The Balaban J connectivity index is 0. The predicted molar refractivity (Wildman–Crippen MR) is 49.7 cm³/mol. The summed E-state index contributed by atoms with van der Waals surface area (Å²) in [4.78, 5) is 17.9. The SMILES string of the molecule is Cc1c2ccc-2c1C.O=CC(=O)O.[H-].[Na+]. The molecule has 3 nitrogen and oxygen atoms in total. The molecular weight excluding hydrogens is 191 g/mol. The van der Waals surface area contributed by atoms with Gasteiger partial charge in [0, 0.05) is 0 Å². The first-order valence-electron chi connectivity index (χ1n) is 3.86. The molecule has 2 rings (SSSR count). The molecule has 1 N–H and O–H groups in total. The van der Waals surface area contributed by atoms with Gasteiger partial charge in [0.2, 0.25) is 6.29 Å². The van der Waals surface area contributed by atoms with Crippen LogP contribution in [0.1, 0.15) is 12.6 Å². The molecular formula is C10H11NaO3. The number of carbonyl (C=O) groups excluding carboxylic acids is 1. The van der Waals surface area contributed by atoms with Gasteiger partial charge in [-0.25, -0.2) is 4.79 Å². The fourth-order valence-electron chi connectivity index (χ4n) is 1.25. The van der Waals surface area contributed by atoms with Gasteiger partial charge in [0.05, 0.1) is 0 Å². The molecule has 0 radical (unpaired) electrons. The van der Waals surface area contributed by atoms with E-state index < -0.39 is 5.97 Å². The number of rotatable bonds is 1. The number of hydrogen-bond acceptors (Lipinski definition) is 2. The first-order valence-corrected chi connectivity index (χ1v) is 3.86. The molecule has 0 amide bonds. The van der Waals surface area contributed by atoms with Gasteiger partial charge in [-0.05, 0) is 36.1 Å². The summed E-state index contributed by atoms with van der Waals surface area (Å²) >= 11 is 0. The Hall–Kier alpha value is -0.640. The maximum absolute atomic E-state index is 9.00. The van der Waals surface area contributed by atoms with E-state index in [0.29, 0.717) is 0 Å². The van der Waals surface area contributed by atoms with Crippen LogP contribution >= 0.6 is 0 Å². The molecule has 0 bridgehead atoms. The van der Waals surface area contributed by atoms with Gasteiger partial charge >= 0.3 is 35.5 Å². The molecule has 70 valence electrons. The molecule has 0 aromatic rings. The first-order chi connectivity index (χ1) is 6.07. The van der Waals surface area contributed by atoms with Crippen LogP contribution in [-0.4, -0.2) is 17.4 Å². The molecule has 0 atom stereocenters. The van der Waals surface area contributed by atoms with E-state index in [1.807, 2.05) is 0 Å². The van der Waals surface area contributed by atoms with Crippen molar-refractivity contribution in [3.8, 4) is 11.1 Å². The van der Waals surface area contributed by atoms with E-state index in [2.05, 4.69) is 26.0 Å². The van der Waals surface area contributed by atoms with Crippen LogP contribution < -0.4 is 29.6 Å². The molecule has 2 aliphatic carbocycles. The Morgan fingerprint density at radius 2 is 1.57 bits per heavy atom. The van der Waals surface area contributed by atoms with Gasteiger partial charge in [-0.15, -0.1) is 0 Å². The predicted octanol–water partition coefficient (Wildman–Crippen LogP) is -1.33. The number of fused-ring (bicyclic) bond motifs is 1. The fourth-order valence-corrected chi connectivity index (χ4v) is 1.25. The van der Waals surface area contributed by atoms with Crippen LogP contribution in [-0.2, 0) is 9.59 Å². The summed E-state index contributed by atoms with van der Waals surface area (Å²) in [5, 5.41) is 7.35. The van der Waals surface area contributed by atoms with E-state index in [0.717, 1.165) is 0 Å². The average molecular weight is 202 g/mol. The van der Waals surface area contributed by atoms with Crippen molar-refractivity contribution in [1.82, 2.24) is 0 Å². The monoisotopic (exact) mass is 202 g/mol. The zero-order valence-electron chi connectivity index (χ0n) is 9.50. The number of aldehydes is 1. The standard InChI is InChI=1S/C8H8.C2H2O3.Na.H/c1-5-6(2)8-4-3-7(5)8;3-1-2(4)5;;/h3-4H,1-2H3;1H,(H,4,5);;/q;;+1;-1. The summed E-state index contributed by atoms with van der Waals surface area (Å²) in [5.74, 6) is -1.43. The van der Waals surface area contributed by atoms with E-state index in [4.69, 9.17) is 14.7 Å². The van der Waals surface area contributed by atoms with Crippen molar-refractivity contribution >= 4 is 12.3 Å². The number of hydrogen-bond donors (Lipinski definition) is 1. The van der Waals surface area contributed by atoms with Crippen molar-refractivity contribution in [1.29, 1.82) is 0 Å². The number of carboxylic acids is 1. The topological polar surface area (TPSA) is 54.4 Å². The van der Waals surface area contributed by atoms with Gasteiger partial charge in [0.1, 0.15) is 0 Å². The molecule has 0 saturated heterocycles. The van der Waals surface area contributed by atoms with Gasteiger partial charge in [-0.1, -0.05) is 12.1 Å². The van der Waals surface area contributed by atoms with Crippen molar-refractivity contribution in [2.75, 3.05) is 0 Å². The van der Waals surface area contributed by atoms with Gasteiger partial charge in [0.25, 0.3) is 0 Å².